The molecule has 0 aliphatic heterocycles. The lowest BCUT2D eigenvalue weighted by Crippen LogP contribution is -2.14. The summed E-state index contributed by atoms with van der Waals surface area (Å²) in [6.45, 7) is 3.94. The SMILES string of the molecule is Cc1cncc(NC(=O)c2cccc([C@H](C)Nc3cnc4cnn(C)c4n3)c2)c1. The molecule has 146 valence electrons. The molecule has 0 spiro atoms. The summed E-state index contributed by atoms with van der Waals surface area (Å²) in [7, 11) is 1.83. The maximum atomic E-state index is 12.6. The van der Waals surface area contributed by atoms with E-state index in [1.54, 1.807) is 35.5 Å². The molecule has 1 aromatic carbocycles. The molecule has 0 unspecified atom stereocenters. The highest BCUT2D eigenvalue weighted by Crippen LogP contribution is 2.20. The average molecular weight is 387 g/mol. The van der Waals surface area contributed by atoms with Crippen molar-refractivity contribution < 1.29 is 4.79 Å². The fraction of sp³-hybridized carbons (Fsp3) is 0.190. The standard InChI is InChI=1S/C21H21N7O/c1-13-7-17(10-22-9-13)26-21(29)16-6-4-5-15(8-16)14(2)25-19-12-23-18-11-24-28(3)20(18)27-19/h4-12,14H,1-3H3,(H,25,27)(H,26,29)/t14-/m0/s1. The monoisotopic (exact) mass is 387 g/mol. The van der Waals surface area contributed by atoms with E-state index in [4.69, 9.17) is 0 Å². The lowest BCUT2D eigenvalue weighted by Gasteiger charge is -2.16. The third-order valence-corrected chi connectivity index (χ3v) is 4.59. The number of amides is 1. The minimum Gasteiger partial charge on any atom is -0.362 e. The van der Waals surface area contributed by atoms with Crippen molar-refractivity contribution >= 4 is 28.6 Å². The Hall–Kier alpha value is -3.81. The van der Waals surface area contributed by atoms with Gasteiger partial charge in [0.2, 0.25) is 0 Å². The second-order valence-corrected chi connectivity index (χ2v) is 6.93. The second kappa shape index (κ2) is 7.67. The van der Waals surface area contributed by atoms with E-state index in [1.807, 2.05) is 45.2 Å². The van der Waals surface area contributed by atoms with Crippen LogP contribution in [0.2, 0.25) is 0 Å². The molecule has 0 radical (unpaired) electrons. The van der Waals surface area contributed by atoms with Crippen LogP contribution in [0, 0.1) is 6.92 Å². The Labute approximate surface area is 168 Å². The number of hydrogen-bond donors (Lipinski definition) is 2. The van der Waals surface area contributed by atoms with Crippen LogP contribution < -0.4 is 10.6 Å². The van der Waals surface area contributed by atoms with Crippen LogP contribution in [0.15, 0.2) is 55.1 Å². The lowest BCUT2D eigenvalue weighted by atomic mass is 10.0. The van der Waals surface area contributed by atoms with Crippen molar-refractivity contribution in [2.24, 2.45) is 7.05 Å². The summed E-state index contributed by atoms with van der Waals surface area (Å²) < 4.78 is 1.68. The molecule has 0 aliphatic rings. The first-order valence-electron chi connectivity index (χ1n) is 9.24. The highest BCUT2D eigenvalue weighted by molar-refractivity contribution is 6.04. The Morgan fingerprint density at radius 1 is 1.14 bits per heavy atom. The molecule has 1 atom stereocenters. The van der Waals surface area contributed by atoms with Crippen LogP contribution in [0.3, 0.4) is 0 Å². The van der Waals surface area contributed by atoms with E-state index in [2.05, 4.69) is 30.7 Å². The number of rotatable bonds is 5. The van der Waals surface area contributed by atoms with Crippen LogP contribution in [0.5, 0.6) is 0 Å². The van der Waals surface area contributed by atoms with Crippen LogP contribution >= 0.6 is 0 Å². The molecule has 0 saturated carbocycles. The number of fused-ring (bicyclic) bond motifs is 1. The van der Waals surface area contributed by atoms with Gasteiger partial charge in [-0.05, 0) is 43.2 Å². The average Bonchev–Trinajstić information content (AvgIpc) is 3.08. The van der Waals surface area contributed by atoms with E-state index in [0.717, 1.165) is 16.6 Å². The largest absolute Gasteiger partial charge is 0.362 e. The zero-order valence-electron chi connectivity index (χ0n) is 16.4. The summed E-state index contributed by atoms with van der Waals surface area (Å²) in [6, 6.07) is 9.31. The van der Waals surface area contributed by atoms with Gasteiger partial charge in [-0.25, -0.2) is 14.6 Å². The second-order valence-electron chi connectivity index (χ2n) is 6.93. The predicted molar refractivity (Wildman–Crippen MR) is 112 cm³/mol. The highest BCUT2D eigenvalue weighted by atomic mass is 16.1. The van der Waals surface area contributed by atoms with Crippen LogP contribution in [-0.2, 0) is 7.05 Å². The van der Waals surface area contributed by atoms with E-state index in [0.29, 0.717) is 22.7 Å². The van der Waals surface area contributed by atoms with Gasteiger partial charge in [0.1, 0.15) is 11.3 Å². The maximum absolute atomic E-state index is 12.6. The van der Waals surface area contributed by atoms with Gasteiger partial charge in [0.15, 0.2) is 5.65 Å². The number of hydrogen-bond acceptors (Lipinski definition) is 6. The molecule has 0 aliphatic carbocycles. The Morgan fingerprint density at radius 3 is 2.83 bits per heavy atom. The number of carbonyl (C=O) groups excluding carboxylic acids is 1. The molecule has 1 amide bonds. The van der Waals surface area contributed by atoms with Gasteiger partial charge in [-0.15, -0.1) is 0 Å². The van der Waals surface area contributed by atoms with Gasteiger partial charge < -0.3 is 10.6 Å². The number of carbonyl (C=O) groups is 1. The fourth-order valence-electron chi connectivity index (χ4n) is 3.06. The topological polar surface area (TPSA) is 97.6 Å². The van der Waals surface area contributed by atoms with E-state index in [9.17, 15) is 4.79 Å². The van der Waals surface area contributed by atoms with E-state index < -0.39 is 0 Å². The minimum absolute atomic E-state index is 0.0663. The predicted octanol–water partition coefficient (Wildman–Crippen LogP) is 3.49. The number of aryl methyl sites for hydroxylation is 2. The number of pyridine rings is 1. The van der Waals surface area contributed by atoms with Crippen molar-refractivity contribution in [3.05, 3.63) is 71.8 Å². The summed E-state index contributed by atoms with van der Waals surface area (Å²) in [6.07, 6.45) is 6.74. The van der Waals surface area contributed by atoms with Crippen molar-refractivity contribution in [2.75, 3.05) is 10.6 Å². The maximum Gasteiger partial charge on any atom is 0.255 e. The van der Waals surface area contributed by atoms with Crippen molar-refractivity contribution in [3.63, 3.8) is 0 Å². The molecule has 2 N–H and O–H groups in total. The molecule has 8 heteroatoms. The van der Waals surface area contributed by atoms with Crippen molar-refractivity contribution in [1.29, 1.82) is 0 Å². The van der Waals surface area contributed by atoms with Crippen molar-refractivity contribution in [3.8, 4) is 0 Å². The summed E-state index contributed by atoms with van der Waals surface area (Å²) in [5.41, 5.74) is 4.65. The van der Waals surface area contributed by atoms with Crippen molar-refractivity contribution in [2.45, 2.75) is 19.9 Å². The summed E-state index contributed by atoms with van der Waals surface area (Å²) in [5.74, 6) is 0.469. The molecule has 3 aromatic heterocycles. The van der Waals surface area contributed by atoms with E-state index in [1.165, 1.54) is 0 Å². The normalized spacial score (nSPS) is 12.0. The summed E-state index contributed by atoms with van der Waals surface area (Å²) in [5, 5.41) is 10.4. The first kappa shape index (κ1) is 18.5. The van der Waals surface area contributed by atoms with Crippen LogP contribution in [-0.4, -0.2) is 30.6 Å². The van der Waals surface area contributed by atoms with Crippen LogP contribution in [0.25, 0.3) is 11.2 Å². The molecule has 4 rings (SSSR count). The van der Waals surface area contributed by atoms with Crippen molar-refractivity contribution in [1.82, 2.24) is 24.7 Å². The number of anilines is 2. The summed E-state index contributed by atoms with van der Waals surface area (Å²) in [4.78, 5) is 25.7. The zero-order chi connectivity index (χ0) is 20.4. The van der Waals surface area contributed by atoms with Crippen LogP contribution in [0.1, 0.15) is 34.5 Å². The molecule has 8 nitrogen and oxygen atoms in total. The Kier molecular flexibility index (Phi) is 4.90. The third kappa shape index (κ3) is 4.06. The lowest BCUT2D eigenvalue weighted by molar-refractivity contribution is 0.102. The molecule has 4 aromatic rings. The number of nitrogens with zero attached hydrogens (tertiary/aromatic N) is 5. The van der Waals surface area contributed by atoms with Gasteiger partial charge in [0, 0.05) is 18.8 Å². The molecule has 0 fully saturated rings. The summed E-state index contributed by atoms with van der Waals surface area (Å²) >= 11 is 0. The Bertz CT molecular complexity index is 1180. The Morgan fingerprint density at radius 2 is 2.00 bits per heavy atom. The smallest absolute Gasteiger partial charge is 0.255 e. The fourth-order valence-corrected chi connectivity index (χ4v) is 3.06. The molecular formula is C21H21N7O. The Balaban J connectivity index is 1.50. The number of aromatic nitrogens is 5. The quantitative estimate of drug-likeness (QED) is 0.544. The number of benzene rings is 1. The highest BCUT2D eigenvalue weighted by Gasteiger charge is 2.12. The molecule has 0 saturated heterocycles. The molecule has 3 heterocycles. The molecule has 29 heavy (non-hydrogen) atoms. The first-order valence-corrected chi connectivity index (χ1v) is 9.24. The van der Waals surface area contributed by atoms with Gasteiger partial charge in [-0.3, -0.25) is 9.78 Å². The van der Waals surface area contributed by atoms with E-state index >= 15 is 0 Å². The van der Waals surface area contributed by atoms with E-state index in [-0.39, 0.29) is 11.9 Å². The van der Waals surface area contributed by atoms with Gasteiger partial charge >= 0.3 is 0 Å². The third-order valence-electron chi connectivity index (χ3n) is 4.59. The first-order chi connectivity index (χ1) is 14.0. The molecule has 0 bridgehead atoms. The minimum atomic E-state index is -0.178. The van der Waals surface area contributed by atoms with Gasteiger partial charge in [0.05, 0.1) is 30.3 Å². The number of nitrogens with one attached hydrogen (secondary N) is 2. The van der Waals surface area contributed by atoms with Gasteiger partial charge in [-0.2, -0.15) is 5.10 Å². The van der Waals surface area contributed by atoms with Crippen LogP contribution in [0.4, 0.5) is 11.5 Å². The molecular weight excluding hydrogens is 366 g/mol. The van der Waals surface area contributed by atoms with Gasteiger partial charge in [-0.1, -0.05) is 12.1 Å². The van der Waals surface area contributed by atoms with Gasteiger partial charge in [0.25, 0.3) is 5.91 Å². The zero-order valence-corrected chi connectivity index (χ0v) is 16.4.